The molecule has 5 heteroatoms. The second kappa shape index (κ2) is 6.56. The predicted octanol–water partition coefficient (Wildman–Crippen LogP) is 2.63. The topological polar surface area (TPSA) is 58.1 Å². The van der Waals surface area contributed by atoms with Gasteiger partial charge in [-0.05, 0) is 25.3 Å². The van der Waals surface area contributed by atoms with Gasteiger partial charge in [0.1, 0.15) is 11.5 Å². The predicted molar refractivity (Wildman–Crippen MR) is 85.7 cm³/mol. The van der Waals surface area contributed by atoms with E-state index in [-0.39, 0.29) is 5.91 Å². The van der Waals surface area contributed by atoms with E-state index in [1.54, 1.807) is 12.4 Å². The number of amides is 1. The van der Waals surface area contributed by atoms with Gasteiger partial charge in [-0.1, -0.05) is 29.8 Å². The van der Waals surface area contributed by atoms with E-state index >= 15 is 0 Å². The SMILES string of the molecule is Cc1ccc(CNc2cnc(C(=O)N3CCCC3)cn2)cc1. The van der Waals surface area contributed by atoms with Crippen molar-refractivity contribution in [2.24, 2.45) is 0 Å². The Morgan fingerprint density at radius 2 is 1.86 bits per heavy atom. The van der Waals surface area contributed by atoms with Crippen molar-refractivity contribution in [2.75, 3.05) is 18.4 Å². The Morgan fingerprint density at radius 3 is 2.50 bits per heavy atom. The van der Waals surface area contributed by atoms with Crippen LogP contribution in [0.3, 0.4) is 0 Å². The van der Waals surface area contributed by atoms with Gasteiger partial charge < -0.3 is 10.2 Å². The highest BCUT2D eigenvalue weighted by molar-refractivity contribution is 5.92. The van der Waals surface area contributed by atoms with E-state index in [2.05, 4.69) is 46.5 Å². The third kappa shape index (κ3) is 3.42. The van der Waals surface area contributed by atoms with Gasteiger partial charge in [-0.25, -0.2) is 9.97 Å². The lowest BCUT2D eigenvalue weighted by Gasteiger charge is -2.14. The van der Waals surface area contributed by atoms with E-state index in [0.717, 1.165) is 25.9 Å². The van der Waals surface area contributed by atoms with Crippen molar-refractivity contribution >= 4 is 11.7 Å². The van der Waals surface area contributed by atoms with E-state index in [9.17, 15) is 4.79 Å². The summed E-state index contributed by atoms with van der Waals surface area (Å²) < 4.78 is 0. The lowest BCUT2D eigenvalue weighted by atomic mass is 10.1. The van der Waals surface area contributed by atoms with Crippen LogP contribution in [0.5, 0.6) is 0 Å². The van der Waals surface area contributed by atoms with Gasteiger partial charge in [0.25, 0.3) is 5.91 Å². The van der Waals surface area contributed by atoms with E-state index in [1.165, 1.54) is 11.1 Å². The van der Waals surface area contributed by atoms with Crippen LogP contribution in [0.2, 0.25) is 0 Å². The maximum atomic E-state index is 12.2. The van der Waals surface area contributed by atoms with E-state index < -0.39 is 0 Å². The zero-order valence-corrected chi connectivity index (χ0v) is 12.7. The summed E-state index contributed by atoms with van der Waals surface area (Å²) in [5.41, 5.74) is 2.85. The lowest BCUT2D eigenvalue weighted by molar-refractivity contribution is 0.0786. The summed E-state index contributed by atoms with van der Waals surface area (Å²) in [7, 11) is 0. The number of benzene rings is 1. The molecule has 3 rings (SSSR count). The van der Waals surface area contributed by atoms with E-state index in [4.69, 9.17) is 0 Å². The first kappa shape index (κ1) is 14.5. The molecule has 0 saturated carbocycles. The van der Waals surface area contributed by atoms with Crippen LogP contribution < -0.4 is 5.32 Å². The number of aryl methyl sites for hydroxylation is 1. The summed E-state index contributed by atoms with van der Waals surface area (Å²) in [5, 5.41) is 3.22. The average molecular weight is 296 g/mol. The third-order valence-electron chi connectivity index (χ3n) is 3.86. The highest BCUT2D eigenvalue weighted by Gasteiger charge is 2.20. The minimum Gasteiger partial charge on any atom is -0.365 e. The zero-order chi connectivity index (χ0) is 15.4. The van der Waals surface area contributed by atoms with Gasteiger partial charge in [-0.3, -0.25) is 4.79 Å². The molecule has 0 aliphatic carbocycles. The third-order valence-corrected chi connectivity index (χ3v) is 3.86. The van der Waals surface area contributed by atoms with Gasteiger partial charge >= 0.3 is 0 Å². The second-order valence-electron chi connectivity index (χ2n) is 5.63. The first-order chi connectivity index (χ1) is 10.7. The summed E-state index contributed by atoms with van der Waals surface area (Å²) >= 11 is 0. The zero-order valence-electron chi connectivity index (χ0n) is 12.7. The molecule has 1 N–H and O–H groups in total. The molecular formula is C17H20N4O. The molecule has 114 valence electrons. The minimum atomic E-state index is -0.0184. The number of hydrogen-bond donors (Lipinski definition) is 1. The summed E-state index contributed by atoms with van der Waals surface area (Å²) in [6.45, 7) is 4.41. The van der Waals surface area contributed by atoms with Crippen molar-refractivity contribution in [3.63, 3.8) is 0 Å². The lowest BCUT2D eigenvalue weighted by Crippen LogP contribution is -2.28. The van der Waals surface area contributed by atoms with Gasteiger partial charge in [0, 0.05) is 19.6 Å². The Morgan fingerprint density at radius 1 is 1.14 bits per heavy atom. The number of hydrogen-bond acceptors (Lipinski definition) is 4. The fourth-order valence-electron chi connectivity index (χ4n) is 2.51. The van der Waals surface area contributed by atoms with Crippen molar-refractivity contribution in [2.45, 2.75) is 26.3 Å². The molecular weight excluding hydrogens is 276 g/mol. The molecule has 0 spiro atoms. The number of carbonyl (C=O) groups excluding carboxylic acids is 1. The number of aromatic nitrogens is 2. The Hall–Kier alpha value is -2.43. The first-order valence-corrected chi connectivity index (χ1v) is 7.63. The molecule has 0 radical (unpaired) electrons. The average Bonchev–Trinajstić information content (AvgIpc) is 3.09. The Bertz CT molecular complexity index is 631. The maximum Gasteiger partial charge on any atom is 0.274 e. The van der Waals surface area contributed by atoms with Crippen LogP contribution in [-0.4, -0.2) is 33.9 Å². The fourth-order valence-corrected chi connectivity index (χ4v) is 2.51. The van der Waals surface area contributed by atoms with Crippen molar-refractivity contribution < 1.29 is 4.79 Å². The quantitative estimate of drug-likeness (QED) is 0.942. The molecule has 2 heterocycles. The molecule has 1 amide bonds. The molecule has 5 nitrogen and oxygen atoms in total. The van der Waals surface area contributed by atoms with Crippen LogP contribution in [0.1, 0.15) is 34.5 Å². The van der Waals surface area contributed by atoms with Crippen molar-refractivity contribution in [3.05, 3.63) is 53.5 Å². The Balaban J connectivity index is 1.59. The molecule has 1 saturated heterocycles. The molecule has 1 aromatic heterocycles. The van der Waals surface area contributed by atoms with Gasteiger partial charge in [0.05, 0.1) is 12.4 Å². The minimum absolute atomic E-state index is 0.0184. The molecule has 22 heavy (non-hydrogen) atoms. The van der Waals surface area contributed by atoms with Crippen LogP contribution in [0, 0.1) is 6.92 Å². The smallest absolute Gasteiger partial charge is 0.274 e. The standard InChI is InChI=1S/C17H20N4O/c1-13-4-6-14(7-5-13)10-19-16-12-18-15(11-20-16)17(22)21-8-2-3-9-21/h4-7,11-12H,2-3,8-10H2,1H3,(H,19,20). The molecule has 0 unspecified atom stereocenters. The summed E-state index contributed by atoms with van der Waals surface area (Å²) in [4.78, 5) is 22.5. The molecule has 0 atom stereocenters. The normalized spacial score (nSPS) is 14.1. The molecule has 1 fully saturated rings. The Labute approximate surface area is 130 Å². The number of nitrogens with zero attached hydrogens (tertiary/aromatic N) is 3. The van der Waals surface area contributed by atoms with Crippen molar-refractivity contribution in [3.8, 4) is 0 Å². The highest BCUT2D eigenvalue weighted by Crippen LogP contribution is 2.12. The number of carbonyl (C=O) groups is 1. The highest BCUT2D eigenvalue weighted by atomic mass is 16.2. The Kier molecular flexibility index (Phi) is 4.32. The molecule has 0 bridgehead atoms. The van der Waals surface area contributed by atoms with Gasteiger partial charge in [-0.2, -0.15) is 0 Å². The van der Waals surface area contributed by atoms with Crippen molar-refractivity contribution in [1.82, 2.24) is 14.9 Å². The molecule has 2 aromatic rings. The largest absolute Gasteiger partial charge is 0.365 e. The van der Waals surface area contributed by atoms with Crippen LogP contribution in [0.15, 0.2) is 36.7 Å². The fraction of sp³-hybridized carbons (Fsp3) is 0.353. The monoisotopic (exact) mass is 296 g/mol. The second-order valence-corrected chi connectivity index (χ2v) is 5.63. The van der Waals surface area contributed by atoms with Gasteiger partial charge in [0.15, 0.2) is 0 Å². The van der Waals surface area contributed by atoms with Crippen LogP contribution in [-0.2, 0) is 6.54 Å². The van der Waals surface area contributed by atoms with Crippen LogP contribution in [0.25, 0.3) is 0 Å². The number of rotatable bonds is 4. The summed E-state index contributed by atoms with van der Waals surface area (Å²) in [6.07, 6.45) is 5.33. The molecule has 1 aliphatic rings. The molecule has 1 aromatic carbocycles. The maximum absolute atomic E-state index is 12.2. The van der Waals surface area contributed by atoms with Gasteiger partial charge in [-0.15, -0.1) is 0 Å². The number of anilines is 1. The van der Waals surface area contributed by atoms with Gasteiger partial charge in [0.2, 0.25) is 0 Å². The molecule has 1 aliphatic heterocycles. The van der Waals surface area contributed by atoms with Crippen LogP contribution in [0.4, 0.5) is 5.82 Å². The summed E-state index contributed by atoms with van der Waals surface area (Å²) in [6, 6.07) is 8.34. The van der Waals surface area contributed by atoms with E-state index in [1.807, 2.05) is 4.90 Å². The van der Waals surface area contributed by atoms with Crippen molar-refractivity contribution in [1.29, 1.82) is 0 Å². The number of likely N-dealkylation sites (tertiary alicyclic amines) is 1. The van der Waals surface area contributed by atoms with E-state index in [0.29, 0.717) is 18.1 Å². The summed E-state index contributed by atoms with van der Waals surface area (Å²) in [5.74, 6) is 0.661. The number of nitrogens with one attached hydrogen (secondary N) is 1. The van der Waals surface area contributed by atoms with Crippen LogP contribution >= 0.6 is 0 Å². The first-order valence-electron chi connectivity index (χ1n) is 7.63.